The fourth-order valence-electron chi connectivity index (χ4n) is 1.42. The largest absolute Gasteiger partial charge is 0.463 e. The van der Waals surface area contributed by atoms with E-state index in [1.807, 2.05) is 20.8 Å². The lowest BCUT2D eigenvalue weighted by Gasteiger charge is -2.20. The Balaban J connectivity index is 1.96. The molecule has 0 radical (unpaired) electrons. The average Bonchev–Trinajstić information content (AvgIpc) is 3.12. The second-order valence-corrected chi connectivity index (χ2v) is 5.42. The maximum absolute atomic E-state index is 11.6. The van der Waals surface area contributed by atoms with Crippen molar-refractivity contribution in [3.63, 3.8) is 0 Å². The van der Waals surface area contributed by atoms with Gasteiger partial charge in [0.15, 0.2) is 6.29 Å². The van der Waals surface area contributed by atoms with E-state index in [2.05, 4.69) is 0 Å². The summed E-state index contributed by atoms with van der Waals surface area (Å²) in [4.78, 5) is 11.6. The highest BCUT2D eigenvalue weighted by molar-refractivity contribution is 5.75. The molecule has 2 unspecified atom stereocenters. The van der Waals surface area contributed by atoms with Gasteiger partial charge in [-0.15, -0.1) is 0 Å². The van der Waals surface area contributed by atoms with E-state index in [9.17, 15) is 4.79 Å². The third kappa shape index (κ3) is 5.44. The molecular weight excluding hydrogens is 252 g/mol. The molecule has 112 valence electrons. The average molecular weight is 276 g/mol. The second-order valence-electron chi connectivity index (χ2n) is 5.42. The molecule has 1 aliphatic rings. The first-order valence-electron chi connectivity index (χ1n) is 6.61. The Labute approximate surface area is 113 Å². The van der Waals surface area contributed by atoms with Crippen LogP contribution in [0, 0.1) is 11.3 Å². The first kappa shape index (κ1) is 16.4. The van der Waals surface area contributed by atoms with E-state index in [1.165, 1.54) is 0 Å². The fraction of sp³-hybridized carbons (Fsp3) is 0.923. The summed E-state index contributed by atoms with van der Waals surface area (Å²) in [6.07, 6.45) is -0.0907. The molecule has 0 aromatic heterocycles. The molecule has 1 fully saturated rings. The van der Waals surface area contributed by atoms with E-state index in [4.69, 9.17) is 24.4 Å². The highest BCUT2D eigenvalue weighted by Gasteiger charge is 2.43. The second kappa shape index (κ2) is 7.19. The number of carbonyl (C=O) groups excluding carboxylic acids is 1. The standard InChI is InChI=1S/C13H24O6/c1-4-13(2,3)12(16)18-6-5-17-8-19-10-7-9(10)11(14)15/h9-11,14-15H,4-8H2,1-3H3. The molecule has 19 heavy (non-hydrogen) atoms. The highest BCUT2D eigenvalue weighted by atomic mass is 16.7. The number of aliphatic hydroxyl groups excluding tert-OH is 1. The van der Waals surface area contributed by atoms with Gasteiger partial charge in [-0.25, -0.2) is 0 Å². The summed E-state index contributed by atoms with van der Waals surface area (Å²) >= 11 is 0. The van der Waals surface area contributed by atoms with Crippen LogP contribution in [0.25, 0.3) is 0 Å². The molecule has 2 N–H and O–H groups in total. The molecule has 0 saturated heterocycles. The van der Waals surface area contributed by atoms with E-state index in [0.717, 1.165) is 6.42 Å². The van der Waals surface area contributed by atoms with Crippen LogP contribution in [0.4, 0.5) is 0 Å². The summed E-state index contributed by atoms with van der Waals surface area (Å²) < 4.78 is 15.5. The minimum absolute atomic E-state index is 0.0720. The summed E-state index contributed by atoms with van der Waals surface area (Å²) in [7, 11) is 0. The Hall–Kier alpha value is -0.690. The number of esters is 1. The van der Waals surface area contributed by atoms with Gasteiger partial charge in [-0.05, 0) is 26.7 Å². The van der Waals surface area contributed by atoms with Crippen LogP contribution in [0.3, 0.4) is 0 Å². The minimum Gasteiger partial charge on any atom is -0.463 e. The topological polar surface area (TPSA) is 85.2 Å². The first-order chi connectivity index (χ1) is 8.88. The zero-order valence-corrected chi connectivity index (χ0v) is 11.8. The fourth-order valence-corrected chi connectivity index (χ4v) is 1.42. The molecule has 1 aliphatic carbocycles. The smallest absolute Gasteiger partial charge is 0.311 e. The molecule has 0 aromatic rings. The van der Waals surface area contributed by atoms with Gasteiger partial charge in [-0.2, -0.15) is 0 Å². The lowest BCUT2D eigenvalue weighted by molar-refractivity contribution is -0.158. The van der Waals surface area contributed by atoms with E-state index < -0.39 is 11.7 Å². The molecule has 0 aromatic carbocycles. The first-order valence-corrected chi connectivity index (χ1v) is 6.61. The van der Waals surface area contributed by atoms with Gasteiger partial charge in [0, 0.05) is 5.92 Å². The quantitative estimate of drug-likeness (QED) is 0.365. The van der Waals surface area contributed by atoms with E-state index in [0.29, 0.717) is 6.42 Å². The molecule has 2 atom stereocenters. The van der Waals surface area contributed by atoms with Crippen molar-refractivity contribution in [2.24, 2.45) is 11.3 Å². The van der Waals surface area contributed by atoms with Crippen LogP contribution in [0.5, 0.6) is 0 Å². The Morgan fingerprint density at radius 2 is 2.05 bits per heavy atom. The summed E-state index contributed by atoms with van der Waals surface area (Å²) in [6, 6.07) is 0. The van der Waals surface area contributed by atoms with E-state index >= 15 is 0 Å². The van der Waals surface area contributed by atoms with Gasteiger partial charge in [0.25, 0.3) is 0 Å². The predicted molar refractivity (Wildman–Crippen MR) is 67.1 cm³/mol. The van der Waals surface area contributed by atoms with Gasteiger partial charge in [-0.3, -0.25) is 4.79 Å². The van der Waals surface area contributed by atoms with Crippen LogP contribution in [0.15, 0.2) is 0 Å². The molecule has 0 spiro atoms. The Morgan fingerprint density at radius 1 is 1.37 bits per heavy atom. The Morgan fingerprint density at radius 3 is 2.58 bits per heavy atom. The third-order valence-corrected chi connectivity index (χ3v) is 3.42. The molecule has 0 aliphatic heterocycles. The number of hydrogen-bond donors (Lipinski definition) is 2. The number of rotatable bonds is 9. The van der Waals surface area contributed by atoms with Crippen molar-refractivity contribution >= 4 is 5.97 Å². The van der Waals surface area contributed by atoms with Crippen LogP contribution in [-0.4, -0.2) is 48.6 Å². The lowest BCUT2D eigenvalue weighted by atomic mass is 9.91. The normalized spacial score (nSPS) is 22.6. The van der Waals surface area contributed by atoms with E-state index in [-0.39, 0.29) is 38.0 Å². The van der Waals surface area contributed by atoms with E-state index in [1.54, 1.807) is 0 Å². The van der Waals surface area contributed by atoms with Crippen molar-refractivity contribution in [1.29, 1.82) is 0 Å². The van der Waals surface area contributed by atoms with Gasteiger partial charge < -0.3 is 24.4 Å². The van der Waals surface area contributed by atoms with Gasteiger partial charge in [0.1, 0.15) is 13.4 Å². The minimum atomic E-state index is -1.32. The van der Waals surface area contributed by atoms with Crippen LogP contribution in [0.1, 0.15) is 33.6 Å². The molecule has 6 nitrogen and oxygen atoms in total. The maximum Gasteiger partial charge on any atom is 0.311 e. The molecule has 0 heterocycles. The van der Waals surface area contributed by atoms with Gasteiger partial charge in [0.2, 0.25) is 0 Å². The van der Waals surface area contributed by atoms with Crippen LogP contribution in [-0.2, 0) is 19.0 Å². The van der Waals surface area contributed by atoms with Crippen molar-refractivity contribution in [3.05, 3.63) is 0 Å². The monoisotopic (exact) mass is 276 g/mol. The van der Waals surface area contributed by atoms with Crippen molar-refractivity contribution < 1.29 is 29.2 Å². The lowest BCUT2D eigenvalue weighted by Crippen LogP contribution is -2.27. The predicted octanol–water partition coefficient (Wildman–Crippen LogP) is 0.656. The Bertz CT molecular complexity index is 289. The van der Waals surface area contributed by atoms with Gasteiger partial charge in [0.05, 0.1) is 18.1 Å². The summed E-state index contributed by atoms with van der Waals surface area (Å²) in [5, 5.41) is 17.7. The highest BCUT2D eigenvalue weighted by Crippen LogP contribution is 2.35. The maximum atomic E-state index is 11.6. The summed E-state index contributed by atoms with van der Waals surface area (Å²) in [5.41, 5.74) is -0.463. The number of ether oxygens (including phenoxy) is 3. The molecule has 6 heteroatoms. The van der Waals surface area contributed by atoms with Gasteiger partial charge >= 0.3 is 5.97 Å². The molecule has 1 saturated carbocycles. The number of carbonyl (C=O) groups is 1. The summed E-state index contributed by atoms with van der Waals surface area (Å²) in [5.74, 6) is -0.433. The Kier molecular flexibility index (Phi) is 6.19. The summed E-state index contributed by atoms with van der Waals surface area (Å²) in [6.45, 7) is 6.16. The van der Waals surface area contributed by atoms with Crippen LogP contribution < -0.4 is 0 Å². The molecule has 1 rings (SSSR count). The van der Waals surface area contributed by atoms with Crippen molar-refractivity contribution in [2.75, 3.05) is 20.0 Å². The third-order valence-electron chi connectivity index (χ3n) is 3.42. The number of hydrogen-bond acceptors (Lipinski definition) is 6. The number of aliphatic hydroxyl groups is 2. The SMILES string of the molecule is CCC(C)(C)C(=O)OCCOCOC1CC1C(O)O. The zero-order chi connectivity index (χ0) is 14.5. The van der Waals surface area contributed by atoms with Crippen molar-refractivity contribution in [2.45, 2.75) is 46.0 Å². The van der Waals surface area contributed by atoms with Crippen LogP contribution in [0.2, 0.25) is 0 Å². The van der Waals surface area contributed by atoms with Crippen molar-refractivity contribution in [1.82, 2.24) is 0 Å². The molecule has 0 amide bonds. The zero-order valence-electron chi connectivity index (χ0n) is 11.8. The van der Waals surface area contributed by atoms with Gasteiger partial charge in [-0.1, -0.05) is 6.92 Å². The van der Waals surface area contributed by atoms with Crippen LogP contribution >= 0.6 is 0 Å². The van der Waals surface area contributed by atoms with Crippen molar-refractivity contribution in [3.8, 4) is 0 Å². The molecular formula is C13H24O6. The molecule has 0 bridgehead atoms.